The van der Waals surface area contributed by atoms with E-state index in [0.717, 1.165) is 25.0 Å². The van der Waals surface area contributed by atoms with E-state index in [4.69, 9.17) is 0 Å². The highest BCUT2D eigenvalue weighted by Crippen LogP contribution is 2.23. The van der Waals surface area contributed by atoms with Crippen molar-refractivity contribution in [3.05, 3.63) is 47.8 Å². The molecule has 1 amide bonds. The topological polar surface area (TPSA) is 66.9 Å². The molecule has 0 atom stereocenters. The Morgan fingerprint density at radius 1 is 1.19 bits per heavy atom. The predicted molar refractivity (Wildman–Crippen MR) is 73.0 cm³/mol. The van der Waals surface area contributed by atoms with E-state index in [-0.39, 0.29) is 5.69 Å². The number of hydrogen-bond donors (Lipinski definition) is 2. The van der Waals surface area contributed by atoms with Crippen molar-refractivity contribution >= 4 is 17.5 Å². The molecule has 3 rings (SSSR count). The maximum atomic E-state index is 13.5. The van der Waals surface area contributed by atoms with Crippen molar-refractivity contribution in [1.82, 2.24) is 9.97 Å². The molecule has 1 aliphatic carbocycles. The Bertz CT molecular complexity index is 668. The molecule has 1 fully saturated rings. The summed E-state index contributed by atoms with van der Waals surface area (Å²) in [6, 6.07) is 5.08. The lowest BCUT2D eigenvalue weighted by Gasteiger charge is -2.08. The fourth-order valence-corrected chi connectivity index (χ4v) is 1.76. The van der Waals surface area contributed by atoms with E-state index in [0.29, 0.717) is 12.0 Å². The number of aromatic nitrogens is 2. The van der Waals surface area contributed by atoms with Crippen LogP contribution in [0.1, 0.15) is 23.3 Å². The Morgan fingerprint density at radius 2 is 1.90 bits per heavy atom. The Kier molecular flexibility index (Phi) is 3.47. The van der Waals surface area contributed by atoms with Gasteiger partial charge in [0, 0.05) is 12.2 Å². The first-order valence-corrected chi connectivity index (χ1v) is 6.48. The van der Waals surface area contributed by atoms with Crippen molar-refractivity contribution in [1.29, 1.82) is 0 Å². The van der Waals surface area contributed by atoms with E-state index in [9.17, 15) is 13.6 Å². The highest BCUT2D eigenvalue weighted by atomic mass is 19.1. The van der Waals surface area contributed by atoms with Gasteiger partial charge in [0.2, 0.25) is 5.95 Å². The van der Waals surface area contributed by atoms with Crippen LogP contribution in [-0.2, 0) is 0 Å². The average Bonchev–Trinajstić information content (AvgIpc) is 3.27. The zero-order chi connectivity index (χ0) is 14.8. The molecule has 7 heteroatoms. The number of carbonyl (C=O) groups is 1. The summed E-state index contributed by atoms with van der Waals surface area (Å²) in [5, 5.41) is 5.23. The fraction of sp³-hybridized carbons (Fsp3) is 0.214. The van der Waals surface area contributed by atoms with Gasteiger partial charge in [-0.05, 0) is 31.0 Å². The summed E-state index contributed by atoms with van der Waals surface area (Å²) in [4.78, 5) is 20.0. The van der Waals surface area contributed by atoms with Gasteiger partial charge in [0.1, 0.15) is 23.0 Å². The van der Waals surface area contributed by atoms with Crippen molar-refractivity contribution in [2.45, 2.75) is 18.9 Å². The molecule has 0 radical (unpaired) electrons. The highest BCUT2D eigenvalue weighted by Gasteiger charge is 2.22. The molecular formula is C14H12F2N4O. The minimum atomic E-state index is -0.839. The van der Waals surface area contributed by atoms with Crippen LogP contribution in [0, 0.1) is 11.6 Å². The number of benzene rings is 1. The number of carbonyl (C=O) groups excluding carboxylic acids is 1. The molecule has 2 N–H and O–H groups in total. The third kappa shape index (κ3) is 3.13. The standard InChI is InChI=1S/C14H12F2N4O/c15-9-2-1-3-10(16)12(9)20-13(21)11-6-7-17-14(19-11)18-8-4-5-8/h1-3,6-8H,4-5H2,(H,20,21)(H,17,18,19). The van der Waals surface area contributed by atoms with Crippen LogP contribution in [0.4, 0.5) is 20.4 Å². The second-order valence-electron chi connectivity index (χ2n) is 4.73. The summed E-state index contributed by atoms with van der Waals surface area (Å²) in [6.07, 6.45) is 3.50. The highest BCUT2D eigenvalue weighted by molar-refractivity contribution is 6.03. The van der Waals surface area contributed by atoms with Gasteiger partial charge in [0.25, 0.3) is 5.91 Å². The monoisotopic (exact) mass is 290 g/mol. The van der Waals surface area contributed by atoms with Crippen LogP contribution in [-0.4, -0.2) is 21.9 Å². The smallest absolute Gasteiger partial charge is 0.274 e. The van der Waals surface area contributed by atoms with Gasteiger partial charge in [0.15, 0.2) is 0 Å². The predicted octanol–water partition coefficient (Wildman–Crippen LogP) is 2.58. The van der Waals surface area contributed by atoms with E-state index in [1.807, 2.05) is 0 Å². The molecule has 21 heavy (non-hydrogen) atoms. The van der Waals surface area contributed by atoms with Crippen molar-refractivity contribution in [3.8, 4) is 0 Å². The molecule has 0 unspecified atom stereocenters. The molecular weight excluding hydrogens is 278 g/mol. The lowest BCUT2D eigenvalue weighted by Crippen LogP contribution is -2.17. The van der Waals surface area contributed by atoms with E-state index >= 15 is 0 Å². The Morgan fingerprint density at radius 3 is 2.57 bits per heavy atom. The van der Waals surface area contributed by atoms with Crippen molar-refractivity contribution in [2.24, 2.45) is 0 Å². The van der Waals surface area contributed by atoms with Crippen molar-refractivity contribution < 1.29 is 13.6 Å². The third-order valence-electron chi connectivity index (χ3n) is 3.00. The SMILES string of the molecule is O=C(Nc1c(F)cccc1F)c1ccnc(NC2CC2)n1. The van der Waals surface area contributed by atoms with Gasteiger partial charge in [-0.2, -0.15) is 0 Å². The maximum Gasteiger partial charge on any atom is 0.274 e. The first kappa shape index (κ1) is 13.4. The van der Waals surface area contributed by atoms with Crippen molar-refractivity contribution in [2.75, 3.05) is 10.6 Å². The maximum absolute atomic E-state index is 13.5. The van der Waals surface area contributed by atoms with Crippen LogP contribution in [0.5, 0.6) is 0 Å². The number of nitrogens with one attached hydrogen (secondary N) is 2. The van der Waals surface area contributed by atoms with Crippen LogP contribution in [0.25, 0.3) is 0 Å². The van der Waals surface area contributed by atoms with Crippen LogP contribution in [0.3, 0.4) is 0 Å². The summed E-state index contributed by atoms with van der Waals surface area (Å²) in [7, 11) is 0. The number of anilines is 2. The van der Waals surface area contributed by atoms with Crippen LogP contribution < -0.4 is 10.6 Å². The zero-order valence-corrected chi connectivity index (χ0v) is 10.9. The Balaban J connectivity index is 1.78. The first-order chi connectivity index (χ1) is 10.1. The van der Waals surface area contributed by atoms with E-state index in [1.165, 1.54) is 18.3 Å². The second-order valence-corrected chi connectivity index (χ2v) is 4.73. The molecule has 2 aromatic rings. The Hall–Kier alpha value is -2.57. The second kappa shape index (κ2) is 5.43. The summed E-state index contributed by atoms with van der Waals surface area (Å²) >= 11 is 0. The minimum absolute atomic E-state index is 0.0378. The summed E-state index contributed by atoms with van der Waals surface area (Å²) in [5.74, 6) is -2.04. The summed E-state index contributed by atoms with van der Waals surface area (Å²) in [6.45, 7) is 0. The van der Waals surface area contributed by atoms with Gasteiger partial charge in [-0.15, -0.1) is 0 Å². The molecule has 1 aromatic heterocycles. The van der Waals surface area contributed by atoms with Gasteiger partial charge < -0.3 is 10.6 Å². The molecule has 108 valence electrons. The number of nitrogens with zero attached hydrogens (tertiary/aromatic N) is 2. The van der Waals surface area contributed by atoms with E-state index in [2.05, 4.69) is 20.6 Å². The minimum Gasteiger partial charge on any atom is -0.351 e. The van der Waals surface area contributed by atoms with Gasteiger partial charge in [-0.25, -0.2) is 18.7 Å². The third-order valence-corrected chi connectivity index (χ3v) is 3.00. The lowest BCUT2D eigenvalue weighted by atomic mass is 10.2. The van der Waals surface area contributed by atoms with Crippen LogP contribution in [0.15, 0.2) is 30.5 Å². The fourth-order valence-electron chi connectivity index (χ4n) is 1.76. The van der Waals surface area contributed by atoms with E-state index < -0.39 is 23.2 Å². The molecule has 0 saturated heterocycles. The van der Waals surface area contributed by atoms with Crippen LogP contribution in [0.2, 0.25) is 0 Å². The van der Waals surface area contributed by atoms with Crippen LogP contribution >= 0.6 is 0 Å². The van der Waals surface area contributed by atoms with Gasteiger partial charge >= 0.3 is 0 Å². The molecule has 0 spiro atoms. The number of amides is 1. The molecule has 0 bridgehead atoms. The quantitative estimate of drug-likeness (QED) is 0.908. The number of rotatable bonds is 4. The number of halogens is 2. The summed E-state index contributed by atoms with van der Waals surface area (Å²) in [5.41, 5.74) is -0.450. The van der Waals surface area contributed by atoms with Crippen molar-refractivity contribution in [3.63, 3.8) is 0 Å². The largest absolute Gasteiger partial charge is 0.351 e. The number of para-hydroxylation sites is 1. The van der Waals surface area contributed by atoms with Gasteiger partial charge in [-0.1, -0.05) is 6.07 Å². The Labute approximate surface area is 119 Å². The molecule has 5 nitrogen and oxygen atoms in total. The normalized spacial score (nSPS) is 13.8. The zero-order valence-electron chi connectivity index (χ0n) is 10.9. The average molecular weight is 290 g/mol. The van der Waals surface area contributed by atoms with E-state index in [1.54, 1.807) is 0 Å². The molecule has 1 heterocycles. The molecule has 1 aromatic carbocycles. The molecule has 1 aliphatic rings. The van der Waals surface area contributed by atoms with Gasteiger partial charge in [0.05, 0.1) is 0 Å². The first-order valence-electron chi connectivity index (χ1n) is 6.48. The van der Waals surface area contributed by atoms with Gasteiger partial charge in [-0.3, -0.25) is 4.79 Å². The summed E-state index contributed by atoms with van der Waals surface area (Å²) < 4.78 is 27.0. The molecule has 1 saturated carbocycles. The lowest BCUT2D eigenvalue weighted by molar-refractivity contribution is 0.102. The molecule has 0 aliphatic heterocycles. The number of hydrogen-bond acceptors (Lipinski definition) is 4.